The SMILES string of the molecule is C[C@@H](N)C(=O)N[C@H]1CC[C@H](NI)CC1. The molecule has 0 aromatic carbocycles. The minimum Gasteiger partial charge on any atom is -0.352 e. The summed E-state index contributed by atoms with van der Waals surface area (Å²) in [4.78, 5) is 11.3. The van der Waals surface area contributed by atoms with Crippen LogP contribution < -0.4 is 14.6 Å². The Kier molecular flexibility index (Phi) is 5.11. The summed E-state index contributed by atoms with van der Waals surface area (Å²) in [6.07, 6.45) is 4.37. The summed E-state index contributed by atoms with van der Waals surface area (Å²) in [6, 6.07) is 0.545. The minimum absolute atomic E-state index is 0.0316. The summed E-state index contributed by atoms with van der Waals surface area (Å²) in [6.45, 7) is 1.72. The molecule has 0 aliphatic heterocycles. The average molecular weight is 311 g/mol. The van der Waals surface area contributed by atoms with Gasteiger partial charge < -0.3 is 11.1 Å². The van der Waals surface area contributed by atoms with Gasteiger partial charge in [0, 0.05) is 34.9 Å². The second-order valence-electron chi connectivity index (χ2n) is 3.95. The van der Waals surface area contributed by atoms with E-state index in [4.69, 9.17) is 5.73 Å². The van der Waals surface area contributed by atoms with E-state index in [0.717, 1.165) is 25.7 Å². The maximum atomic E-state index is 11.3. The van der Waals surface area contributed by atoms with Gasteiger partial charge in [-0.15, -0.1) is 0 Å². The van der Waals surface area contributed by atoms with Crippen LogP contribution in [0.4, 0.5) is 0 Å². The van der Waals surface area contributed by atoms with E-state index in [-0.39, 0.29) is 5.91 Å². The van der Waals surface area contributed by atoms with Gasteiger partial charge in [0.05, 0.1) is 6.04 Å². The number of hydrogen-bond acceptors (Lipinski definition) is 3. The molecular formula is C9H18IN3O. The fraction of sp³-hybridized carbons (Fsp3) is 0.889. The molecule has 0 bridgehead atoms. The van der Waals surface area contributed by atoms with E-state index in [1.807, 2.05) is 0 Å². The molecule has 82 valence electrons. The molecule has 1 amide bonds. The normalized spacial score (nSPS) is 29.6. The molecule has 0 radical (unpaired) electrons. The van der Waals surface area contributed by atoms with Crippen LogP contribution in [0.15, 0.2) is 0 Å². The molecule has 14 heavy (non-hydrogen) atoms. The summed E-state index contributed by atoms with van der Waals surface area (Å²) in [5, 5.41) is 2.97. The van der Waals surface area contributed by atoms with Crippen LogP contribution in [0.3, 0.4) is 0 Å². The maximum Gasteiger partial charge on any atom is 0.236 e. The fourth-order valence-corrected chi connectivity index (χ4v) is 2.30. The molecule has 1 saturated carbocycles. The highest BCUT2D eigenvalue weighted by atomic mass is 127. The topological polar surface area (TPSA) is 67.2 Å². The van der Waals surface area contributed by atoms with Crippen LogP contribution in [0.2, 0.25) is 0 Å². The first-order valence-corrected chi connectivity index (χ1v) is 6.13. The van der Waals surface area contributed by atoms with Crippen LogP contribution in [-0.2, 0) is 4.79 Å². The molecule has 0 aromatic heterocycles. The van der Waals surface area contributed by atoms with Crippen molar-refractivity contribution in [3.63, 3.8) is 0 Å². The number of carbonyl (C=O) groups is 1. The Balaban J connectivity index is 2.25. The molecule has 1 aliphatic rings. The number of amides is 1. The van der Waals surface area contributed by atoms with Gasteiger partial charge in [0.15, 0.2) is 0 Å². The van der Waals surface area contributed by atoms with Crippen LogP contribution in [0.25, 0.3) is 0 Å². The first-order chi connectivity index (χ1) is 6.63. The van der Waals surface area contributed by atoms with Crippen molar-refractivity contribution in [2.24, 2.45) is 5.73 Å². The van der Waals surface area contributed by atoms with E-state index in [1.54, 1.807) is 6.92 Å². The fourth-order valence-electron chi connectivity index (χ4n) is 1.68. The van der Waals surface area contributed by atoms with Gasteiger partial charge in [0.25, 0.3) is 0 Å². The summed E-state index contributed by atoms with van der Waals surface area (Å²) >= 11 is 2.19. The molecule has 1 atom stereocenters. The molecule has 1 rings (SSSR count). The molecule has 1 fully saturated rings. The summed E-state index contributed by atoms with van der Waals surface area (Å²) in [5.74, 6) is -0.0316. The Bertz CT molecular complexity index is 190. The van der Waals surface area contributed by atoms with Gasteiger partial charge in [-0.05, 0) is 32.6 Å². The Morgan fingerprint density at radius 1 is 1.36 bits per heavy atom. The van der Waals surface area contributed by atoms with E-state index in [0.29, 0.717) is 12.1 Å². The van der Waals surface area contributed by atoms with Crippen molar-refractivity contribution in [3.8, 4) is 0 Å². The lowest BCUT2D eigenvalue weighted by Crippen LogP contribution is -2.46. The Morgan fingerprint density at radius 3 is 2.29 bits per heavy atom. The van der Waals surface area contributed by atoms with Crippen LogP contribution in [0, 0.1) is 0 Å². The number of hydrogen-bond donors (Lipinski definition) is 3. The number of nitrogens with two attached hydrogens (primary N) is 1. The zero-order chi connectivity index (χ0) is 10.6. The molecular weight excluding hydrogens is 293 g/mol. The maximum absolute atomic E-state index is 11.3. The minimum atomic E-state index is -0.393. The Morgan fingerprint density at radius 2 is 1.86 bits per heavy atom. The van der Waals surface area contributed by atoms with E-state index >= 15 is 0 Å². The molecule has 4 N–H and O–H groups in total. The van der Waals surface area contributed by atoms with Crippen molar-refractivity contribution in [1.29, 1.82) is 0 Å². The predicted octanol–water partition coefficient (Wildman–Crippen LogP) is 0.701. The van der Waals surface area contributed by atoms with Crippen LogP contribution in [0.5, 0.6) is 0 Å². The van der Waals surface area contributed by atoms with Crippen molar-refractivity contribution < 1.29 is 4.79 Å². The Labute approximate surface area is 98.9 Å². The lowest BCUT2D eigenvalue weighted by atomic mass is 9.92. The van der Waals surface area contributed by atoms with Crippen molar-refractivity contribution in [2.45, 2.75) is 50.7 Å². The van der Waals surface area contributed by atoms with E-state index in [2.05, 4.69) is 31.7 Å². The van der Waals surface area contributed by atoms with Crippen molar-refractivity contribution >= 4 is 28.8 Å². The monoisotopic (exact) mass is 311 g/mol. The number of halogens is 1. The van der Waals surface area contributed by atoms with E-state index < -0.39 is 6.04 Å². The first-order valence-electron chi connectivity index (χ1n) is 5.05. The lowest BCUT2D eigenvalue weighted by Gasteiger charge is -2.28. The lowest BCUT2D eigenvalue weighted by molar-refractivity contribution is -0.122. The molecule has 0 aromatic rings. The van der Waals surface area contributed by atoms with Crippen molar-refractivity contribution in [2.75, 3.05) is 0 Å². The third kappa shape index (κ3) is 3.70. The standard InChI is InChI=1S/C9H18IN3O/c1-6(11)9(14)12-7-2-4-8(13-10)5-3-7/h6-8,13H,2-5,11H2,1H3,(H,12,14)/t6-,7-,8-/m1/s1. The predicted molar refractivity (Wildman–Crippen MR) is 65.0 cm³/mol. The molecule has 1 aliphatic carbocycles. The van der Waals surface area contributed by atoms with Gasteiger partial charge in [-0.25, -0.2) is 0 Å². The number of carbonyl (C=O) groups excluding carboxylic acids is 1. The van der Waals surface area contributed by atoms with E-state index in [1.165, 1.54) is 0 Å². The molecule has 0 spiro atoms. The average Bonchev–Trinajstić information content (AvgIpc) is 2.19. The third-order valence-corrected chi connectivity index (χ3v) is 3.52. The van der Waals surface area contributed by atoms with Gasteiger partial charge in [-0.3, -0.25) is 8.32 Å². The quantitative estimate of drug-likeness (QED) is 0.531. The van der Waals surface area contributed by atoms with Gasteiger partial charge in [-0.1, -0.05) is 0 Å². The zero-order valence-corrected chi connectivity index (χ0v) is 10.6. The molecule has 0 saturated heterocycles. The zero-order valence-electron chi connectivity index (χ0n) is 8.42. The summed E-state index contributed by atoms with van der Waals surface area (Å²) < 4.78 is 3.23. The van der Waals surface area contributed by atoms with Gasteiger partial charge in [-0.2, -0.15) is 0 Å². The smallest absolute Gasteiger partial charge is 0.236 e. The summed E-state index contributed by atoms with van der Waals surface area (Å²) in [7, 11) is 0. The van der Waals surface area contributed by atoms with Gasteiger partial charge in [0.1, 0.15) is 0 Å². The number of nitrogens with one attached hydrogen (secondary N) is 2. The van der Waals surface area contributed by atoms with Gasteiger partial charge in [0.2, 0.25) is 5.91 Å². The highest BCUT2D eigenvalue weighted by molar-refractivity contribution is 14.1. The first kappa shape index (κ1) is 12.2. The molecule has 4 nitrogen and oxygen atoms in total. The van der Waals surface area contributed by atoms with Crippen LogP contribution in [0.1, 0.15) is 32.6 Å². The largest absolute Gasteiger partial charge is 0.352 e. The summed E-state index contributed by atoms with van der Waals surface area (Å²) in [5.41, 5.74) is 5.48. The molecule has 0 heterocycles. The van der Waals surface area contributed by atoms with Gasteiger partial charge >= 0.3 is 0 Å². The van der Waals surface area contributed by atoms with Crippen LogP contribution >= 0.6 is 22.9 Å². The number of rotatable bonds is 3. The molecule has 5 heteroatoms. The highest BCUT2D eigenvalue weighted by Crippen LogP contribution is 2.19. The van der Waals surface area contributed by atoms with Crippen LogP contribution in [-0.4, -0.2) is 24.0 Å². The second kappa shape index (κ2) is 5.87. The highest BCUT2D eigenvalue weighted by Gasteiger charge is 2.22. The van der Waals surface area contributed by atoms with E-state index in [9.17, 15) is 4.79 Å². The third-order valence-electron chi connectivity index (χ3n) is 2.64. The Hall–Kier alpha value is 0.120. The second-order valence-corrected chi connectivity index (χ2v) is 4.58. The molecule has 0 unspecified atom stereocenters. The van der Waals surface area contributed by atoms with Crippen molar-refractivity contribution in [1.82, 2.24) is 8.85 Å². The van der Waals surface area contributed by atoms with Crippen molar-refractivity contribution in [3.05, 3.63) is 0 Å².